The lowest BCUT2D eigenvalue weighted by atomic mass is 9.76. The maximum Gasteiger partial charge on any atom is 0.494 e. The highest BCUT2D eigenvalue weighted by molar-refractivity contribution is 6.62. The summed E-state index contributed by atoms with van der Waals surface area (Å²) in [6.45, 7) is 15.1. The predicted molar refractivity (Wildman–Crippen MR) is 105 cm³/mol. The maximum atomic E-state index is 10.9. The normalized spacial score (nSPS) is 20.0. The van der Waals surface area contributed by atoms with E-state index in [-0.39, 0.29) is 29.7 Å². The molecule has 0 spiro atoms. The summed E-state index contributed by atoms with van der Waals surface area (Å²) < 4.78 is 12.2. The Morgan fingerprint density at radius 1 is 1.12 bits per heavy atom. The van der Waals surface area contributed by atoms with Crippen molar-refractivity contribution in [3.05, 3.63) is 29.8 Å². The molecule has 1 heterocycles. The van der Waals surface area contributed by atoms with Crippen LogP contribution in [0.5, 0.6) is 0 Å². The van der Waals surface area contributed by atoms with Crippen molar-refractivity contribution < 1.29 is 19.2 Å². The summed E-state index contributed by atoms with van der Waals surface area (Å²) in [5.41, 5.74) is 1.48. The lowest BCUT2D eigenvalue weighted by Crippen LogP contribution is -2.41. The van der Waals surface area contributed by atoms with Crippen molar-refractivity contribution in [2.45, 2.75) is 72.0 Å². The summed E-state index contributed by atoms with van der Waals surface area (Å²) in [6.07, 6.45) is -0.0962. The number of carboxylic acid groups (broad SMARTS) is 1. The number of hydrogen-bond donors (Lipinski definition) is 2. The van der Waals surface area contributed by atoms with Crippen LogP contribution in [0, 0.1) is 5.41 Å². The summed E-state index contributed by atoms with van der Waals surface area (Å²) in [4.78, 5) is 10.9. The first-order valence-electron chi connectivity index (χ1n) is 9.23. The molecular formula is C20H32BNO4. The van der Waals surface area contributed by atoms with Crippen LogP contribution >= 0.6 is 0 Å². The minimum Gasteiger partial charge on any atom is -0.465 e. The van der Waals surface area contributed by atoms with Gasteiger partial charge in [-0.25, -0.2) is 4.79 Å². The third-order valence-corrected chi connectivity index (χ3v) is 5.29. The Balaban J connectivity index is 2.16. The van der Waals surface area contributed by atoms with Crippen LogP contribution in [0.15, 0.2) is 24.3 Å². The van der Waals surface area contributed by atoms with Gasteiger partial charge in [-0.2, -0.15) is 0 Å². The van der Waals surface area contributed by atoms with Crippen molar-refractivity contribution in [2.24, 2.45) is 5.41 Å². The first-order valence-corrected chi connectivity index (χ1v) is 9.23. The van der Waals surface area contributed by atoms with E-state index in [0.29, 0.717) is 6.54 Å². The molecule has 1 aromatic rings. The molecule has 1 fully saturated rings. The van der Waals surface area contributed by atoms with Gasteiger partial charge >= 0.3 is 13.2 Å². The molecule has 0 bridgehead atoms. The highest BCUT2D eigenvalue weighted by Crippen LogP contribution is 2.36. The van der Waals surface area contributed by atoms with Crippen LogP contribution in [-0.2, 0) is 9.31 Å². The van der Waals surface area contributed by atoms with Crippen molar-refractivity contribution in [2.75, 3.05) is 6.54 Å². The fraction of sp³-hybridized carbons (Fsp3) is 0.650. The first-order chi connectivity index (χ1) is 11.8. The zero-order chi connectivity index (χ0) is 19.8. The van der Waals surface area contributed by atoms with E-state index in [0.717, 1.165) is 17.4 Å². The summed E-state index contributed by atoms with van der Waals surface area (Å²) in [6, 6.07) is 8.16. The molecule has 26 heavy (non-hydrogen) atoms. The van der Waals surface area contributed by atoms with Crippen LogP contribution in [0.4, 0.5) is 4.79 Å². The Kier molecular flexibility index (Phi) is 5.79. The van der Waals surface area contributed by atoms with Crippen LogP contribution in [0.25, 0.3) is 0 Å². The number of amides is 1. The van der Waals surface area contributed by atoms with Crippen molar-refractivity contribution in [3.63, 3.8) is 0 Å². The Morgan fingerprint density at radius 3 is 2.04 bits per heavy atom. The van der Waals surface area contributed by atoms with Gasteiger partial charge in [0, 0.05) is 12.5 Å². The average molecular weight is 361 g/mol. The summed E-state index contributed by atoms with van der Waals surface area (Å²) in [5, 5.41) is 11.5. The molecule has 144 valence electrons. The highest BCUT2D eigenvalue weighted by Gasteiger charge is 2.51. The van der Waals surface area contributed by atoms with Gasteiger partial charge in [0.05, 0.1) is 11.2 Å². The van der Waals surface area contributed by atoms with Crippen molar-refractivity contribution >= 4 is 18.7 Å². The fourth-order valence-electron chi connectivity index (χ4n) is 3.16. The Labute approximate surface area is 157 Å². The zero-order valence-electron chi connectivity index (χ0n) is 17.1. The Bertz CT molecular complexity index is 618. The topological polar surface area (TPSA) is 67.8 Å². The Hall–Kier alpha value is -1.53. The number of rotatable bonds is 5. The number of nitrogens with one attached hydrogen (secondary N) is 1. The number of carbonyl (C=O) groups is 1. The van der Waals surface area contributed by atoms with Gasteiger partial charge in [-0.05, 0) is 50.6 Å². The molecule has 2 rings (SSSR count). The van der Waals surface area contributed by atoms with Crippen molar-refractivity contribution in [1.82, 2.24) is 5.32 Å². The van der Waals surface area contributed by atoms with E-state index in [4.69, 9.17) is 14.4 Å². The van der Waals surface area contributed by atoms with E-state index in [2.05, 4.69) is 38.2 Å². The summed E-state index contributed by atoms with van der Waals surface area (Å²) in [7, 11) is -0.382. The molecule has 2 N–H and O–H groups in total. The second-order valence-electron chi connectivity index (χ2n) is 9.40. The van der Waals surface area contributed by atoms with Crippen LogP contribution in [0.3, 0.4) is 0 Å². The van der Waals surface area contributed by atoms with Gasteiger partial charge in [-0.3, -0.25) is 0 Å². The van der Waals surface area contributed by atoms with E-state index in [1.165, 1.54) is 0 Å². The predicted octanol–water partition coefficient (Wildman–Crippen LogP) is 3.77. The minimum atomic E-state index is -0.988. The zero-order valence-corrected chi connectivity index (χ0v) is 17.1. The number of hydrogen-bond acceptors (Lipinski definition) is 3. The summed E-state index contributed by atoms with van der Waals surface area (Å²) >= 11 is 0. The molecule has 0 unspecified atom stereocenters. The fourth-order valence-corrected chi connectivity index (χ4v) is 3.16. The van der Waals surface area contributed by atoms with Crippen molar-refractivity contribution in [3.8, 4) is 0 Å². The lowest BCUT2D eigenvalue weighted by molar-refractivity contribution is 0.00578. The molecule has 1 aliphatic rings. The minimum absolute atomic E-state index is 0.106. The molecule has 1 saturated heterocycles. The van der Waals surface area contributed by atoms with E-state index >= 15 is 0 Å². The quantitative estimate of drug-likeness (QED) is 0.784. The van der Waals surface area contributed by atoms with Gasteiger partial charge in [0.15, 0.2) is 0 Å². The SMILES string of the molecule is CC(C)(C)C[C@H](CNC(=O)O)c1ccc(B2OC(C)(C)C(C)(C)O2)cc1. The van der Waals surface area contributed by atoms with Gasteiger partial charge in [0.2, 0.25) is 0 Å². The highest BCUT2D eigenvalue weighted by atomic mass is 16.7. The molecule has 0 saturated carbocycles. The molecule has 1 aliphatic heterocycles. The molecule has 5 nitrogen and oxygen atoms in total. The van der Waals surface area contributed by atoms with Gasteiger partial charge in [0.25, 0.3) is 0 Å². The van der Waals surface area contributed by atoms with Crippen LogP contribution in [0.2, 0.25) is 0 Å². The summed E-state index contributed by atoms with van der Waals surface area (Å²) in [5.74, 6) is 0.124. The van der Waals surface area contributed by atoms with Crippen molar-refractivity contribution in [1.29, 1.82) is 0 Å². The lowest BCUT2D eigenvalue weighted by Gasteiger charge is -2.32. The largest absolute Gasteiger partial charge is 0.494 e. The van der Waals surface area contributed by atoms with Gasteiger partial charge in [-0.15, -0.1) is 0 Å². The van der Waals surface area contributed by atoms with E-state index in [9.17, 15) is 4.79 Å². The molecule has 6 heteroatoms. The van der Waals surface area contributed by atoms with Crippen LogP contribution in [0.1, 0.15) is 66.4 Å². The molecule has 1 amide bonds. The molecular weight excluding hydrogens is 329 g/mol. The molecule has 0 aliphatic carbocycles. The third kappa shape index (κ3) is 5.01. The van der Waals surface area contributed by atoms with Gasteiger partial charge in [0.1, 0.15) is 0 Å². The Morgan fingerprint density at radius 2 is 1.62 bits per heavy atom. The third-order valence-electron chi connectivity index (χ3n) is 5.29. The van der Waals surface area contributed by atoms with E-state index < -0.39 is 6.09 Å². The molecule has 0 radical (unpaired) electrons. The van der Waals surface area contributed by atoms with Gasteiger partial charge < -0.3 is 19.7 Å². The van der Waals surface area contributed by atoms with E-state index in [1.807, 2.05) is 39.8 Å². The second-order valence-corrected chi connectivity index (χ2v) is 9.40. The second kappa shape index (κ2) is 7.24. The molecule has 1 aromatic carbocycles. The standard InChI is InChI=1S/C20H32BNO4/c1-18(2,3)12-15(13-22-17(23)24)14-8-10-16(11-9-14)21-25-19(4,5)20(6,7)26-21/h8-11,15,22H,12-13H2,1-7H3,(H,23,24)/t15-/m1/s1. The van der Waals surface area contributed by atoms with Gasteiger partial charge in [-0.1, -0.05) is 45.0 Å². The molecule has 0 aromatic heterocycles. The maximum absolute atomic E-state index is 10.9. The van der Waals surface area contributed by atoms with E-state index in [1.54, 1.807) is 0 Å². The van der Waals surface area contributed by atoms with Crippen LogP contribution in [-0.4, -0.2) is 36.1 Å². The average Bonchev–Trinajstić information content (AvgIpc) is 2.71. The molecule has 1 atom stereocenters. The smallest absolute Gasteiger partial charge is 0.465 e. The number of benzene rings is 1. The first kappa shape index (κ1) is 20.8. The monoisotopic (exact) mass is 361 g/mol. The van der Waals surface area contributed by atoms with Crippen LogP contribution < -0.4 is 10.8 Å².